The number of benzene rings is 2. The second-order valence-electron chi connectivity index (χ2n) is 4.07. The topological polar surface area (TPSA) is 38.3 Å². The summed E-state index contributed by atoms with van der Waals surface area (Å²) in [7, 11) is 0. The van der Waals surface area contributed by atoms with Crippen molar-refractivity contribution in [2.24, 2.45) is 0 Å². The van der Waals surface area contributed by atoms with Gasteiger partial charge in [0, 0.05) is 15.6 Å². The van der Waals surface area contributed by atoms with E-state index < -0.39 is 0 Å². The first-order valence-electron chi connectivity index (χ1n) is 6.07. The van der Waals surface area contributed by atoms with Crippen LogP contribution in [0.25, 0.3) is 0 Å². The number of carbonyl (C=O) groups excluding carboxylic acids is 1. The third kappa shape index (κ3) is 4.44. The Bertz CT molecular complexity index is 567. The van der Waals surface area contributed by atoms with Gasteiger partial charge in [-0.25, -0.2) is 0 Å². The summed E-state index contributed by atoms with van der Waals surface area (Å²) in [6.45, 7) is 0.811. The van der Waals surface area contributed by atoms with Gasteiger partial charge in [-0.1, -0.05) is 23.2 Å². The lowest BCUT2D eigenvalue weighted by molar-refractivity contribution is 0.0947. The highest BCUT2D eigenvalue weighted by Gasteiger charge is 2.04. The molecular formula is C15H13Cl2NO2. The molecule has 5 heteroatoms. The molecule has 0 aliphatic carbocycles. The number of ether oxygens (including phenoxy) is 1. The van der Waals surface area contributed by atoms with E-state index in [0.717, 1.165) is 5.75 Å². The molecule has 0 bridgehead atoms. The van der Waals surface area contributed by atoms with Gasteiger partial charge < -0.3 is 10.1 Å². The van der Waals surface area contributed by atoms with Crippen molar-refractivity contribution in [2.75, 3.05) is 13.2 Å². The van der Waals surface area contributed by atoms with E-state index >= 15 is 0 Å². The zero-order valence-corrected chi connectivity index (χ0v) is 12.1. The monoisotopic (exact) mass is 309 g/mol. The van der Waals surface area contributed by atoms with Gasteiger partial charge in [0.1, 0.15) is 12.4 Å². The molecule has 2 aromatic rings. The van der Waals surface area contributed by atoms with E-state index in [1.54, 1.807) is 48.5 Å². The third-order valence-electron chi connectivity index (χ3n) is 2.58. The summed E-state index contributed by atoms with van der Waals surface area (Å²) in [4.78, 5) is 11.8. The number of halogens is 2. The molecule has 1 amide bonds. The molecule has 0 fully saturated rings. The van der Waals surface area contributed by atoms with E-state index in [2.05, 4.69) is 5.32 Å². The summed E-state index contributed by atoms with van der Waals surface area (Å²) in [5, 5.41) is 4.03. The van der Waals surface area contributed by atoms with Gasteiger partial charge >= 0.3 is 0 Å². The van der Waals surface area contributed by atoms with Crippen molar-refractivity contribution in [2.45, 2.75) is 0 Å². The predicted octanol–water partition coefficient (Wildman–Crippen LogP) is 3.80. The molecule has 1 N–H and O–H groups in total. The molecule has 0 saturated carbocycles. The highest BCUT2D eigenvalue weighted by Crippen LogP contribution is 2.15. The maximum absolute atomic E-state index is 11.8. The Morgan fingerprint density at radius 2 is 1.50 bits per heavy atom. The second-order valence-corrected chi connectivity index (χ2v) is 4.94. The zero-order chi connectivity index (χ0) is 14.4. The lowest BCUT2D eigenvalue weighted by Gasteiger charge is -2.08. The number of carbonyl (C=O) groups is 1. The van der Waals surface area contributed by atoms with Gasteiger partial charge in [0.2, 0.25) is 0 Å². The van der Waals surface area contributed by atoms with E-state index in [4.69, 9.17) is 27.9 Å². The standard InChI is InChI=1S/C15H13Cl2NO2/c16-12-3-1-11(2-4-12)15(19)18-9-10-20-14-7-5-13(17)6-8-14/h1-8H,9-10H2,(H,18,19). The summed E-state index contributed by atoms with van der Waals surface area (Å²) in [5.41, 5.74) is 0.570. The number of hydrogen-bond acceptors (Lipinski definition) is 2. The highest BCUT2D eigenvalue weighted by molar-refractivity contribution is 6.30. The van der Waals surface area contributed by atoms with Crippen LogP contribution < -0.4 is 10.1 Å². The van der Waals surface area contributed by atoms with Gasteiger partial charge in [0.15, 0.2) is 0 Å². The van der Waals surface area contributed by atoms with E-state index in [1.165, 1.54) is 0 Å². The molecule has 0 atom stereocenters. The molecule has 3 nitrogen and oxygen atoms in total. The maximum atomic E-state index is 11.8. The normalized spacial score (nSPS) is 10.1. The van der Waals surface area contributed by atoms with Crippen molar-refractivity contribution in [1.29, 1.82) is 0 Å². The molecule has 2 rings (SSSR count). The van der Waals surface area contributed by atoms with Crippen LogP contribution in [-0.2, 0) is 0 Å². The average Bonchev–Trinajstić information content (AvgIpc) is 2.46. The molecule has 104 valence electrons. The predicted molar refractivity (Wildman–Crippen MR) is 80.7 cm³/mol. The summed E-state index contributed by atoms with van der Waals surface area (Å²) < 4.78 is 5.47. The quantitative estimate of drug-likeness (QED) is 0.853. The second kappa shape index (κ2) is 7.17. The van der Waals surface area contributed by atoms with Crippen molar-refractivity contribution in [3.05, 3.63) is 64.1 Å². The van der Waals surface area contributed by atoms with Gasteiger partial charge in [-0.3, -0.25) is 4.79 Å². The molecule has 2 aromatic carbocycles. The largest absolute Gasteiger partial charge is 0.492 e. The number of nitrogens with one attached hydrogen (secondary N) is 1. The molecule has 0 radical (unpaired) electrons. The molecule has 0 spiro atoms. The van der Waals surface area contributed by atoms with Crippen LogP contribution in [0.5, 0.6) is 5.75 Å². The van der Waals surface area contributed by atoms with Crippen molar-refractivity contribution >= 4 is 29.1 Å². The molecule has 0 unspecified atom stereocenters. The lowest BCUT2D eigenvalue weighted by Crippen LogP contribution is -2.28. The summed E-state index contributed by atoms with van der Waals surface area (Å²) in [5.74, 6) is 0.566. The molecule has 20 heavy (non-hydrogen) atoms. The van der Waals surface area contributed by atoms with Crippen LogP contribution >= 0.6 is 23.2 Å². The van der Waals surface area contributed by atoms with E-state index in [1.807, 2.05) is 0 Å². The Kier molecular flexibility index (Phi) is 5.27. The first kappa shape index (κ1) is 14.7. The van der Waals surface area contributed by atoms with Gasteiger partial charge in [0.05, 0.1) is 6.54 Å². The van der Waals surface area contributed by atoms with Crippen LogP contribution in [0.3, 0.4) is 0 Å². The average molecular weight is 310 g/mol. The number of hydrogen-bond donors (Lipinski definition) is 1. The Hall–Kier alpha value is -1.71. The van der Waals surface area contributed by atoms with Crippen LogP contribution in [0.2, 0.25) is 10.0 Å². The first-order chi connectivity index (χ1) is 9.65. The van der Waals surface area contributed by atoms with Crippen LogP contribution in [0.15, 0.2) is 48.5 Å². The number of rotatable bonds is 5. The van der Waals surface area contributed by atoms with E-state index in [0.29, 0.717) is 28.8 Å². The summed E-state index contributed by atoms with van der Waals surface area (Å²) in [6.07, 6.45) is 0. The van der Waals surface area contributed by atoms with Gasteiger partial charge in [-0.2, -0.15) is 0 Å². The SMILES string of the molecule is O=C(NCCOc1ccc(Cl)cc1)c1ccc(Cl)cc1. The van der Waals surface area contributed by atoms with Crippen LogP contribution in [0, 0.1) is 0 Å². The van der Waals surface area contributed by atoms with Crippen molar-refractivity contribution in [1.82, 2.24) is 5.32 Å². The molecular weight excluding hydrogens is 297 g/mol. The van der Waals surface area contributed by atoms with Crippen molar-refractivity contribution < 1.29 is 9.53 Å². The fraction of sp³-hybridized carbons (Fsp3) is 0.133. The maximum Gasteiger partial charge on any atom is 0.251 e. The number of amides is 1. The van der Waals surface area contributed by atoms with Crippen molar-refractivity contribution in [3.8, 4) is 5.75 Å². The first-order valence-corrected chi connectivity index (χ1v) is 6.83. The Morgan fingerprint density at radius 1 is 0.950 bits per heavy atom. The fourth-order valence-electron chi connectivity index (χ4n) is 1.57. The van der Waals surface area contributed by atoms with Gasteiger partial charge in [-0.05, 0) is 48.5 Å². The molecule has 0 aromatic heterocycles. The van der Waals surface area contributed by atoms with Crippen LogP contribution in [0.4, 0.5) is 0 Å². The van der Waals surface area contributed by atoms with Crippen LogP contribution in [-0.4, -0.2) is 19.1 Å². The molecule has 0 aliphatic rings. The fourth-order valence-corrected chi connectivity index (χ4v) is 1.82. The minimum atomic E-state index is -0.152. The molecule has 0 heterocycles. The summed E-state index contributed by atoms with van der Waals surface area (Å²) in [6, 6.07) is 13.8. The third-order valence-corrected chi connectivity index (χ3v) is 3.08. The summed E-state index contributed by atoms with van der Waals surface area (Å²) >= 11 is 11.5. The van der Waals surface area contributed by atoms with E-state index in [9.17, 15) is 4.79 Å². The Morgan fingerprint density at radius 3 is 2.10 bits per heavy atom. The molecule has 0 saturated heterocycles. The zero-order valence-electron chi connectivity index (χ0n) is 10.6. The lowest BCUT2D eigenvalue weighted by atomic mass is 10.2. The Labute approximate surface area is 127 Å². The molecule has 0 aliphatic heterocycles. The van der Waals surface area contributed by atoms with Gasteiger partial charge in [-0.15, -0.1) is 0 Å². The van der Waals surface area contributed by atoms with Crippen LogP contribution in [0.1, 0.15) is 10.4 Å². The smallest absolute Gasteiger partial charge is 0.251 e. The Balaban J connectivity index is 1.74. The van der Waals surface area contributed by atoms with Gasteiger partial charge in [0.25, 0.3) is 5.91 Å². The van der Waals surface area contributed by atoms with Crippen molar-refractivity contribution in [3.63, 3.8) is 0 Å². The minimum absolute atomic E-state index is 0.152. The highest BCUT2D eigenvalue weighted by atomic mass is 35.5. The van der Waals surface area contributed by atoms with E-state index in [-0.39, 0.29) is 5.91 Å². The minimum Gasteiger partial charge on any atom is -0.492 e.